The number of benzene rings is 1. The average Bonchev–Trinajstić information content (AvgIpc) is 2.39. The summed E-state index contributed by atoms with van der Waals surface area (Å²) in [6.45, 7) is 8.93. The number of hydrogen-bond donors (Lipinski definition) is 1. The first-order valence-corrected chi connectivity index (χ1v) is 7.05. The monoisotopic (exact) mass is 265 g/mol. The molecule has 0 saturated carbocycles. The summed E-state index contributed by atoms with van der Waals surface area (Å²) < 4.78 is 11.2. The molecule has 0 aliphatic carbocycles. The highest BCUT2D eigenvalue weighted by molar-refractivity contribution is 5.28. The average molecular weight is 265 g/mol. The number of rotatable bonds is 9. The van der Waals surface area contributed by atoms with Gasteiger partial charge in [-0.2, -0.15) is 0 Å². The van der Waals surface area contributed by atoms with Crippen LogP contribution < -0.4 is 10.1 Å². The Balaban J connectivity index is 2.39. The van der Waals surface area contributed by atoms with Crippen LogP contribution in [-0.2, 0) is 11.3 Å². The second-order valence-corrected chi connectivity index (χ2v) is 5.39. The number of ether oxygens (including phenoxy) is 2. The van der Waals surface area contributed by atoms with Gasteiger partial charge in [-0.05, 0) is 44.5 Å². The zero-order valence-corrected chi connectivity index (χ0v) is 12.7. The Morgan fingerprint density at radius 2 is 2.05 bits per heavy atom. The van der Waals surface area contributed by atoms with Crippen LogP contribution in [0.15, 0.2) is 24.3 Å². The minimum absolute atomic E-state index is 0.125. The Hall–Kier alpha value is -1.06. The predicted molar refractivity (Wildman–Crippen MR) is 79.6 cm³/mol. The van der Waals surface area contributed by atoms with Gasteiger partial charge in [-0.1, -0.05) is 19.1 Å². The van der Waals surface area contributed by atoms with Gasteiger partial charge in [0, 0.05) is 20.1 Å². The molecule has 0 heterocycles. The Morgan fingerprint density at radius 3 is 2.74 bits per heavy atom. The van der Waals surface area contributed by atoms with E-state index >= 15 is 0 Å². The van der Waals surface area contributed by atoms with Crippen LogP contribution in [0, 0.1) is 0 Å². The molecule has 0 aliphatic rings. The van der Waals surface area contributed by atoms with Gasteiger partial charge in [-0.25, -0.2) is 0 Å². The SMILES string of the molecule is CCCNCc1cccc(OCCC(C)(C)OC)c1. The molecule has 0 atom stereocenters. The zero-order valence-electron chi connectivity index (χ0n) is 12.7. The van der Waals surface area contributed by atoms with E-state index in [9.17, 15) is 0 Å². The normalized spacial score (nSPS) is 11.6. The van der Waals surface area contributed by atoms with E-state index < -0.39 is 0 Å². The molecular weight excluding hydrogens is 238 g/mol. The summed E-state index contributed by atoms with van der Waals surface area (Å²) in [4.78, 5) is 0. The molecule has 0 saturated heterocycles. The lowest BCUT2D eigenvalue weighted by Gasteiger charge is -2.22. The zero-order chi connectivity index (χ0) is 14.1. The maximum absolute atomic E-state index is 5.78. The van der Waals surface area contributed by atoms with E-state index in [1.807, 2.05) is 12.1 Å². The standard InChI is InChI=1S/C16H27NO2/c1-5-10-17-13-14-7-6-8-15(12-14)19-11-9-16(2,3)18-4/h6-8,12,17H,5,9-11,13H2,1-4H3. The van der Waals surface area contributed by atoms with Gasteiger partial charge in [0.25, 0.3) is 0 Å². The summed E-state index contributed by atoms with van der Waals surface area (Å²) in [6, 6.07) is 8.26. The molecule has 1 aromatic rings. The third kappa shape index (κ3) is 6.60. The third-order valence-electron chi connectivity index (χ3n) is 3.18. The van der Waals surface area contributed by atoms with Gasteiger partial charge in [0.2, 0.25) is 0 Å². The van der Waals surface area contributed by atoms with Crippen LogP contribution in [0.3, 0.4) is 0 Å². The molecule has 108 valence electrons. The van der Waals surface area contributed by atoms with Gasteiger partial charge in [-0.15, -0.1) is 0 Å². The Morgan fingerprint density at radius 1 is 1.26 bits per heavy atom. The van der Waals surface area contributed by atoms with Crippen molar-refractivity contribution >= 4 is 0 Å². The second-order valence-electron chi connectivity index (χ2n) is 5.39. The lowest BCUT2D eigenvalue weighted by atomic mass is 10.1. The van der Waals surface area contributed by atoms with Crippen LogP contribution in [0.4, 0.5) is 0 Å². The third-order valence-corrected chi connectivity index (χ3v) is 3.18. The molecule has 19 heavy (non-hydrogen) atoms. The fourth-order valence-corrected chi connectivity index (χ4v) is 1.67. The van der Waals surface area contributed by atoms with Crippen LogP contribution in [0.1, 0.15) is 39.2 Å². The van der Waals surface area contributed by atoms with Gasteiger partial charge in [-0.3, -0.25) is 0 Å². The van der Waals surface area contributed by atoms with Crippen LogP contribution in [0.2, 0.25) is 0 Å². The van der Waals surface area contributed by atoms with Crippen molar-refractivity contribution in [2.75, 3.05) is 20.3 Å². The summed E-state index contributed by atoms with van der Waals surface area (Å²) >= 11 is 0. The maximum atomic E-state index is 5.78. The Labute approximate surface area is 117 Å². The van der Waals surface area contributed by atoms with Crippen molar-refractivity contribution in [2.45, 2.75) is 45.8 Å². The Bertz CT molecular complexity index is 364. The predicted octanol–water partition coefficient (Wildman–Crippen LogP) is 3.38. The van der Waals surface area contributed by atoms with Crippen LogP contribution >= 0.6 is 0 Å². The molecule has 0 amide bonds. The largest absolute Gasteiger partial charge is 0.493 e. The topological polar surface area (TPSA) is 30.5 Å². The van der Waals surface area contributed by atoms with E-state index in [2.05, 4.69) is 38.2 Å². The quantitative estimate of drug-likeness (QED) is 0.694. The molecular formula is C16H27NO2. The molecule has 1 rings (SSSR count). The number of hydrogen-bond acceptors (Lipinski definition) is 3. The highest BCUT2D eigenvalue weighted by atomic mass is 16.5. The van der Waals surface area contributed by atoms with E-state index in [4.69, 9.17) is 9.47 Å². The maximum Gasteiger partial charge on any atom is 0.119 e. The van der Waals surface area contributed by atoms with Crippen molar-refractivity contribution in [3.8, 4) is 5.75 Å². The minimum Gasteiger partial charge on any atom is -0.493 e. The summed E-state index contributed by atoms with van der Waals surface area (Å²) in [5, 5.41) is 3.39. The van der Waals surface area contributed by atoms with E-state index in [1.54, 1.807) is 7.11 Å². The fourth-order valence-electron chi connectivity index (χ4n) is 1.67. The molecule has 0 bridgehead atoms. The van der Waals surface area contributed by atoms with Crippen LogP contribution in [-0.4, -0.2) is 25.9 Å². The Kier molecular flexibility index (Phi) is 6.89. The molecule has 0 fully saturated rings. The smallest absolute Gasteiger partial charge is 0.119 e. The molecule has 3 heteroatoms. The van der Waals surface area contributed by atoms with Crippen molar-refractivity contribution in [1.29, 1.82) is 0 Å². The summed E-state index contributed by atoms with van der Waals surface area (Å²) in [5.41, 5.74) is 1.14. The lowest BCUT2D eigenvalue weighted by Crippen LogP contribution is -2.25. The molecule has 0 spiro atoms. The summed E-state index contributed by atoms with van der Waals surface area (Å²) in [7, 11) is 1.74. The van der Waals surface area contributed by atoms with E-state index in [0.29, 0.717) is 6.61 Å². The van der Waals surface area contributed by atoms with Gasteiger partial charge in [0.15, 0.2) is 0 Å². The van der Waals surface area contributed by atoms with Crippen LogP contribution in [0.25, 0.3) is 0 Å². The van der Waals surface area contributed by atoms with Gasteiger partial charge in [0.05, 0.1) is 12.2 Å². The molecule has 1 N–H and O–H groups in total. The second kappa shape index (κ2) is 8.18. The molecule has 1 aromatic carbocycles. The number of nitrogens with one attached hydrogen (secondary N) is 1. The van der Waals surface area contributed by atoms with Crippen LogP contribution in [0.5, 0.6) is 5.75 Å². The first-order valence-electron chi connectivity index (χ1n) is 7.05. The molecule has 0 aliphatic heterocycles. The minimum atomic E-state index is -0.125. The highest BCUT2D eigenvalue weighted by Gasteiger charge is 2.15. The first kappa shape index (κ1) is 16.0. The molecule has 0 aromatic heterocycles. The summed E-state index contributed by atoms with van der Waals surface area (Å²) in [6.07, 6.45) is 2.03. The summed E-state index contributed by atoms with van der Waals surface area (Å²) in [5.74, 6) is 0.933. The van der Waals surface area contributed by atoms with Gasteiger partial charge < -0.3 is 14.8 Å². The van der Waals surface area contributed by atoms with Crippen molar-refractivity contribution in [3.63, 3.8) is 0 Å². The molecule has 0 unspecified atom stereocenters. The van der Waals surface area contributed by atoms with Gasteiger partial charge >= 0.3 is 0 Å². The molecule has 0 radical (unpaired) electrons. The fraction of sp³-hybridized carbons (Fsp3) is 0.625. The highest BCUT2D eigenvalue weighted by Crippen LogP contribution is 2.17. The van der Waals surface area contributed by atoms with Crippen molar-refractivity contribution in [1.82, 2.24) is 5.32 Å². The van der Waals surface area contributed by atoms with Crippen molar-refractivity contribution in [2.24, 2.45) is 0 Å². The number of methoxy groups -OCH3 is 1. The lowest BCUT2D eigenvalue weighted by molar-refractivity contribution is 0.00545. The van der Waals surface area contributed by atoms with Crippen molar-refractivity contribution in [3.05, 3.63) is 29.8 Å². The first-order chi connectivity index (χ1) is 9.07. The van der Waals surface area contributed by atoms with Crippen molar-refractivity contribution < 1.29 is 9.47 Å². The van der Waals surface area contributed by atoms with E-state index in [1.165, 1.54) is 5.56 Å². The molecule has 3 nitrogen and oxygen atoms in total. The van der Waals surface area contributed by atoms with Gasteiger partial charge in [0.1, 0.15) is 5.75 Å². The van der Waals surface area contributed by atoms with E-state index in [0.717, 1.165) is 31.7 Å². The van der Waals surface area contributed by atoms with E-state index in [-0.39, 0.29) is 5.60 Å².